The number of hydrogen-bond donors (Lipinski definition) is 2. The average Bonchev–Trinajstić information content (AvgIpc) is 3.07. The second-order valence-electron chi connectivity index (χ2n) is 9.75. The predicted octanol–water partition coefficient (Wildman–Crippen LogP) is 10.2. The minimum Gasteiger partial charge on any atom is -0.497 e. The van der Waals surface area contributed by atoms with Crippen LogP contribution in [0.15, 0.2) is 150 Å². The first-order valence-electron chi connectivity index (χ1n) is 14.6. The lowest BCUT2D eigenvalue weighted by atomic mass is 10.3. The molecule has 12 heteroatoms. The maximum atomic E-state index is 6.72. The van der Waals surface area contributed by atoms with Crippen molar-refractivity contribution in [3.8, 4) is 34.5 Å². The van der Waals surface area contributed by atoms with E-state index < -0.39 is 24.0 Å². The highest BCUT2D eigenvalue weighted by molar-refractivity contribution is 7.78. The van der Waals surface area contributed by atoms with Crippen molar-refractivity contribution < 1.29 is 27.4 Å². The summed E-state index contributed by atoms with van der Waals surface area (Å²) >= 11 is 0. The van der Waals surface area contributed by atoms with Gasteiger partial charge in [0.25, 0.3) is 0 Å². The molecule has 5 rings (SSSR count). The van der Waals surface area contributed by atoms with Crippen LogP contribution in [0.4, 0.5) is 0 Å². The van der Waals surface area contributed by atoms with Crippen LogP contribution in [0.3, 0.4) is 0 Å². The van der Waals surface area contributed by atoms with Gasteiger partial charge in [0, 0.05) is 13.2 Å². The molecule has 5 aromatic carbocycles. The second kappa shape index (κ2) is 16.5. The number of hydrogen-bond acceptors (Lipinski definition) is 8. The Morgan fingerprint density at radius 1 is 0.587 bits per heavy atom. The van der Waals surface area contributed by atoms with E-state index in [4.69, 9.17) is 31.9 Å². The van der Waals surface area contributed by atoms with Crippen LogP contribution in [0, 0.1) is 0 Å². The molecule has 238 valence electrons. The van der Waals surface area contributed by atoms with Gasteiger partial charge in [-0.2, -0.15) is 0 Å². The van der Waals surface area contributed by atoms with Crippen molar-refractivity contribution in [1.82, 2.24) is 9.95 Å². The first-order valence-corrected chi connectivity index (χ1v) is 19.5. The largest absolute Gasteiger partial charge is 0.526 e. The number of methoxy groups -OCH3 is 1. The average molecular weight is 677 g/mol. The molecule has 2 N–H and O–H groups in total. The molecule has 0 spiro atoms. The van der Waals surface area contributed by atoms with Crippen LogP contribution in [0.2, 0.25) is 0 Å². The zero-order valence-corrected chi connectivity index (χ0v) is 28.5. The monoisotopic (exact) mass is 676 g/mol. The van der Waals surface area contributed by atoms with Gasteiger partial charge >= 0.3 is 16.5 Å². The lowest BCUT2D eigenvalue weighted by Gasteiger charge is -2.29. The van der Waals surface area contributed by atoms with Crippen molar-refractivity contribution in [2.75, 3.05) is 20.3 Å². The van der Waals surface area contributed by atoms with Crippen molar-refractivity contribution in [2.24, 2.45) is 4.52 Å². The molecule has 0 bridgehead atoms. The van der Waals surface area contributed by atoms with Crippen LogP contribution < -0.4 is 37.3 Å². The number of ether oxygens (including phenoxy) is 1. The Labute approximate surface area is 272 Å². The van der Waals surface area contributed by atoms with Crippen molar-refractivity contribution in [1.29, 1.82) is 0 Å². The number of nitrogens with one attached hydrogen (secondary N) is 2. The molecule has 0 saturated heterocycles. The van der Waals surface area contributed by atoms with Gasteiger partial charge in [0.15, 0.2) is 11.5 Å². The van der Waals surface area contributed by atoms with Gasteiger partial charge in [0.1, 0.15) is 23.0 Å². The van der Waals surface area contributed by atoms with E-state index in [0.717, 1.165) is 0 Å². The number of rotatable bonds is 16. The van der Waals surface area contributed by atoms with E-state index in [1.165, 1.54) is 0 Å². The van der Waals surface area contributed by atoms with Gasteiger partial charge in [0.2, 0.25) is 7.43 Å². The van der Waals surface area contributed by atoms with Crippen LogP contribution in [0.25, 0.3) is 0 Å². The SMILES string of the molecule is CCN[P+](NP(C)(=NP(Oc1ccccc1)Oc1ccccc1)Oc1ccccc1)(Oc1ccccc1)Oc1ccc(OC)cc1. The molecule has 0 amide bonds. The summed E-state index contributed by atoms with van der Waals surface area (Å²) in [7, 11) is -6.66. The minimum absolute atomic E-state index is 0.519. The molecular weight excluding hydrogens is 639 g/mol. The van der Waals surface area contributed by atoms with E-state index in [0.29, 0.717) is 41.0 Å². The fraction of sp³-hybridized carbons (Fsp3) is 0.118. The second-order valence-corrected chi connectivity index (χ2v) is 15.8. The summed E-state index contributed by atoms with van der Waals surface area (Å²) < 4.78 is 43.4. The van der Waals surface area contributed by atoms with Gasteiger partial charge in [-0.15, -0.1) is 9.60 Å². The smallest absolute Gasteiger partial charge is 0.497 e. The molecule has 0 heterocycles. The van der Waals surface area contributed by atoms with Crippen molar-refractivity contribution in [2.45, 2.75) is 6.92 Å². The number of nitrogens with zero attached hydrogens (tertiary/aromatic N) is 1. The molecule has 0 fully saturated rings. The summed E-state index contributed by atoms with van der Waals surface area (Å²) in [4.78, 5) is 3.62. The lowest BCUT2D eigenvalue weighted by Crippen LogP contribution is -2.34. The van der Waals surface area contributed by atoms with Crippen LogP contribution in [0.1, 0.15) is 6.92 Å². The van der Waals surface area contributed by atoms with Gasteiger partial charge in [-0.25, -0.2) is 0 Å². The summed E-state index contributed by atoms with van der Waals surface area (Å²) in [6, 6.07) is 45.2. The maximum absolute atomic E-state index is 6.72. The Morgan fingerprint density at radius 3 is 1.46 bits per heavy atom. The Kier molecular flexibility index (Phi) is 11.9. The molecule has 9 nitrogen and oxygen atoms in total. The highest BCUT2D eigenvalue weighted by atomic mass is 31.3. The van der Waals surface area contributed by atoms with Gasteiger partial charge < -0.3 is 18.3 Å². The highest BCUT2D eigenvalue weighted by Crippen LogP contribution is 2.64. The van der Waals surface area contributed by atoms with Crippen molar-refractivity contribution in [3.05, 3.63) is 146 Å². The Bertz CT molecular complexity index is 1630. The molecule has 0 aliphatic heterocycles. The summed E-state index contributed by atoms with van der Waals surface area (Å²) in [5, 5.41) is 3.47. The summed E-state index contributed by atoms with van der Waals surface area (Å²) in [5.74, 6) is 3.71. The molecule has 2 atom stereocenters. The summed E-state index contributed by atoms with van der Waals surface area (Å²) in [5.41, 5.74) is 0. The van der Waals surface area contributed by atoms with E-state index in [9.17, 15) is 0 Å². The normalized spacial score (nSPS) is 13.5. The molecule has 0 aromatic heterocycles. The fourth-order valence-electron chi connectivity index (χ4n) is 4.11. The molecule has 0 aliphatic rings. The van der Waals surface area contributed by atoms with E-state index in [-0.39, 0.29) is 0 Å². The first kappa shape index (κ1) is 33.3. The topological polar surface area (TPSA) is 91.8 Å². The summed E-state index contributed by atoms with van der Waals surface area (Å²) in [6.07, 6.45) is 0. The quantitative estimate of drug-likeness (QED) is 0.0998. The summed E-state index contributed by atoms with van der Waals surface area (Å²) in [6.45, 7) is 4.40. The van der Waals surface area contributed by atoms with Gasteiger partial charge in [-0.05, 0) is 84.6 Å². The zero-order chi connectivity index (χ0) is 32.1. The van der Waals surface area contributed by atoms with Crippen LogP contribution in [-0.2, 0) is 0 Å². The Balaban J connectivity index is 1.61. The molecular formula is C34H37N3O6P3+. The fourth-order valence-corrected chi connectivity index (χ4v) is 11.5. The molecule has 0 aliphatic carbocycles. The number of para-hydroxylation sites is 4. The van der Waals surface area contributed by atoms with Gasteiger partial charge in [-0.1, -0.05) is 72.8 Å². The molecule has 2 unspecified atom stereocenters. The minimum atomic E-state index is -3.25. The standard InChI is InChI=1S/C34H37N3O6P3/c1-4-35-46(42-33-23-15-8-16-24-33,43-34-27-25-29(38-2)26-28-34)37-45(3,41-32-21-13-7-14-22-32)36-44(39-30-17-9-5-10-18-30)40-31-19-11-6-12-20-31/h5-28,35,37H,4H2,1-3H3/q+1. The molecule has 0 saturated carbocycles. The highest BCUT2D eigenvalue weighted by Gasteiger charge is 2.52. The van der Waals surface area contributed by atoms with E-state index in [1.54, 1.807) is 7.11 Å². The molecule has 0 radical (unpaired) electrons. The van der Waals surface area contributed by atoms with Gasteiger partial charge in [0.05, 0.1) is 7.11 Å². The Morgan fingerprint density at radius 2 is 1.00 bits per heavy atom. The molecule has 5 aromatic rings. The van der Waals surface area contributed by atoms with E-state index in [2.05, 4.69) is 9.95 Å². The first-order chi connectivity index (χ1) is 22.5. The van der Waals surface area contributed by atoms with Crippen molar-refractivity contribution in [3.63, 3.8) is 0 Å². The lowest BCUT2D eigenvalue weighted by molar-refractivity contribution is 0.411. The number of benzene rings is 5. The van der Waals surface area contributed by atoms with Crippen LogP contribution in [0.5, 0.6) is 34.5 Å². The van der Waals surface area contributed by atoms with Crippen molar-refractivity contribution >= 4 is 24.0 Å². The van der Waals surface area contributed by atoms with E-state index >= 15 is 0 Å². The maximum Gasteiger partial charge on any atom is 0.526 e. The van der Waals surface area contributed by atoms with Crippen LogP contribution in [-0.4, -0.2) is 20.3 Å². The van der Waals surface area contributed by atoms with E-state index in [1.807, 2.05) is 159 Å². The third-order valence-electron chi connectivity index (χ3n) is 6.08. The predicted molar refractivity (Wildman–Crippen MR) is 188 cm³/mol. The van der Waals surface area contributed by atoms with Gasteiger partial charge in [-0.3, -0.25) is 9.05 Å². The third kappa shape index (κ3) is 9.95. The zero-order valence-electron chi connectivity index (χ0n) is 25.8. The Hall–Kier alpha value is -4.09. The van der Waals surface area contributed by atoms with Crippen LogP contribution >= 0.6 is 24.0 Å². The third-order valence-corrected chi connectivity index (χ3v) is 13.5. The molecule has 46 heavy (non-hydrogen) atoms.